The molecule has 154 valence electrons. The first kappa shape index (κ1) is 19.9. The van der Waals surface area contributed by atoms with Gasteiger partial charge in [-0.25, -0.2) is 4.79 Å². The third kappa shape index (κ3) is 3.53. The van der Waals surface area contributed by atoms with E-state index in [9.17, 15) is 14.7 Å². The predicted molar refractivity (Wildman–Crippen MR) is 111 cm³/mol. The molecule has 2 aromatic rings. The standard InChI is InChI=1S/C22H26N2O4S/c1-14(2)16-6-3-4-7-18(16)28-13-15(25)12-24-20(26)22(23-21(24)27)10-5-8-19-17(22)9-11-29-19/h3-4,6-7,9,11,14-15,25H,5,8,10,12-13H2,1-2H3,(H,23,27)/t15-,22+/m0/s1. The lowest BCUT2D eigenvalue weighted by molar-refractivity contribution is -0.133. The number of hydrogen-bond acceptors (Lipinski definition) is 5. The number of rotatable bonds is 6. The minimum Gasteiger partial charge on any atom is -0.491 e. The number of ether oxygens (including phenoxy) is 1. The van der Waals surface area contributed by atoms with E-state index >= 15 is 0 Å². The van der Waals surface area contributed by atoms with Gasteiger partial charge in [0.25, 0.3) is 5.91 Å². The molecule has 2 atom stereocenters. The van der Waals surface area contributed by atoms with E-state index in [4.69, 9.17) is 4.74 Å². The second kappa shape index (κ2) is 7.80. The number of benzene rings is 1. The number of nitrogens with zero attached hydrogens (tertiary/aromatic N) is 1. The molecule has 1 aromatic heterocycles. The molecule has 1 aliphatic heterocycles. The largest absolute Gasteiger partial charge is 0.491 e. The number of hydrogen-bond donors (Lipinski definition) is 2. The topological polar surface area (TPSA) is 78.9 Å². The zero-order valence-corrected chi connectivity index (χ0v) is 17.5. The number of fused-ring (bicyclic) bond motifs is 2. The van der Waals surface area contributed by atoms with Crippen LogP contribution in [0.25, 0.3) is 0 Å². The molecule has 1 fully saturated rings. The van der Waals surface area contributed by atoms with Crippen molar-refractivity contribution in [2.75, 3.05) is 13.2 Å². The molecule has 2 N–H and O–H groups in total. The second-order valence-electron chi connectivity index (χ2n) is 8.02. The molecular weight excluding hydrogens is 388 g/mol. The van der Waals surface area contributed by atoms with Crippen molar-refractivity contribution in [2.45, 2.75) is 50.7 Å². The highest BCUT2D eigenvalue weighted by Gasteiger charge is 2.54. The van der Waals surface area contributed by atoms with Crippen LogP contribution in [0.3, 0.4) is 0 Å². The van der Waals surface area contributed by atoms with E-state index in [1.54, 1.807) is 11.3 Å². The van der Waals surface area contributed by atoms with E-state index in [1.165, 1.54) is 0 Å². The maximum Gasteiger partial charge on any atom is 0.325 e. The summed E-state index contributed by atoms with van der Waals surface area (Å²) in [5.74, 6) is 0.731. The van der Waals surface area contributed by atoms with Gasteiger partial charge >= 0.3 is 6.03 Å². The quantitative estimate of drug-likeness (QED) is 0.710. The molecule has 2 aliphatic rings. The van der Waals surface area contributed by atoms with Gasteiger partial charge in [0.2, 0.25) is 0 Å². The fourth-order valence-electron chi connectivity index (χ4n) is 4.25. The van der Waals surface area contributed by atoms with Gasteiger partial charge in [0.1, 0.15) is 24.0 Å². The molecular formula is C22H26N2O4S. The summed E-state index contributed by atoms with van der Waals surface area (Å²) in [5, 5.41) is 15.4. The van der Waals surface area contributed by atoms with E-state index in [1.807, 2.05) is 35.7 Å². The highest BCUT2D eigenvalue weighted by molar-refractivity contribution is 7.10. The number of amides is 3. The number of aliphatic hydroxyl groups is 1. The van der Waals surface area contributed by atoms with Gasteiger partial charge < -0.3 is 15.2 Å². The number of carbonyl (C=O) groups excluding carboxylic acids is 2. The Kier molecular flexibility index (Phi) is 5.36. The molecule has 1 spiro atoms. The molecule has 1 aliphatic carbocycles. The maximum absolute atomic E-state index is 13.2. The van der Waals surface area contributed by atoms with E-state index in [0.29, 0.717) is 18.1 Å². The lowest BCUT2D eigenvalue weighted by atomic mass is 9.80. The van der Waals surface area contributed by atoms with Crippen LogP contribution in [0.4, 0.5) is 4.79 Å². The predicted octanol–water partition coefficient (Wildman–Crippen LogP) is 3.39. The average Bonchev–Trinajstić information content (AvgIpc) is 3.27. The van der Waals surface area contributed by atoms with E-state index < -0.39 is 17.7 Å². The normalized spacial score (nSPS) is 22.1. The smallest absolute Gasteiger partial charge is 0.325 e. The second-order valence-corrected chi connectivity index (χ2v) is 9.02. The van der Waals surface area contributed by atoms with Crippen molar-refractivity contribution in [1.29, 1.82) is 0 Å². The Labute approximate surface area is 174 Å². The van der Waals surface area contributed by atoms with Crippen LogP contribution < -0.4 is 10.1 Å². The molecule has 29 heavy (non-hydrogen) atoms. The summed E-state index contributed by atoms with van der Waals surface area (Å²) in [6, 6.07) is 9.18. The Morgan fingerprint density at radius 2 is 2.07 bits per heavy atom. The molecule has 4 rings (SSSR count). The van der Waals surface area contributed by atoms with Crippen molar-refractivity contribution < 1.29 is 19.4 Å². The number of β-amino-alcohol motifs (C(OH)–C–C–N with tert-alkyl or cyclic N) is 1. The minimum atomic E-state index is -0.977. The first-order chi connectivity index (χ1) is 13.9. The van der Waals surface area contributed by atoms with E-state index in [0.717, 1.165) is 33.7 Å². The van der Waals surface area contributed by atoms with Crippen LogP contribution in [0, 0.1) is 0 Å². The van der Waals surface area contributed by atoms with Gasteiger partial charge in [0.15, 0.2) is 0 Å². The summed E-state index contributed by atoms with van der Waals surface area (Å²) in [6.45, 7) is 4.08. The van der Waals surface area contributed by atoms with Gasteiger partial charge in [0.05, 0.1) is 6.54 Å². The van der Waals surface area contributed by atoms with Gasteiger partial charge in [-0.15, -0.1) is 11.3 Å². The van der Waals surface area contributed by atoms with Crippen LogP contribution >= 0.6 is 11.3 Å². The van der Waals surface area contributed by atoms with Crippen molar-refractivity contribution in [2.24, 2.45) is 0 Å². The molecule has 3 amide bonds. The monoisotopic (exact) mass is 414 g/mol. The molecule has 0 bridgehead atoms. The Morgan fingerprint density at radius 1 is 1.28 bits per heavy atom. The van der Waals surface area contributed by atoms with Crippen molar-refractivity contribution in [1.82, 2.24) is 10.2 Å². The van der Waals surface area contributed by atoms with Gasteiger partial charge in [-0.05, 0) is 48.3 Å². The van der Waals surface area contributed by atoms with Crippen molar-refractivity contribution in [3.63, 3.8) is 0 Å². The van der Waals surface area contributed by atoms with Crippen molar-refractivity contribution >= 4 is 23.3 Å². The molecule has 0 radical (unpaired) electrons. The highest BCUT2D eigenvalue weighted by Crippen LogP contribution is 2.42. The SMILES string of the molecule is CC(C)c1ccccc1OC[C@@H](O)CN1C(=O)N[C@@]2(CCCc3sccc32)C1=O. The van der Waals surface area contributed by atoms with Gasteiger partial charge in [-0.3, -0.25) is 9.69 Å². The zero-order valence-electron chi connectivity index (χ0n) is 16.7. The highest BCUT2D eigenvalue weighted by atomic mass is 32.1. The summed E-state index contributed by atoms with van der Waals surface area (Å²) in [5.41, 5.74) is 0.988. The van der Waals surface area contributed by atoms with E-state index in [-0.39, 0.29) is 19.1 Å². The van der Waals surface area contributed by atoms with E-state index in [2.05, 4.69) is 19.2 Å². The Bertz CT molecular complexity index is 925. The third-order valence-corrected chi connectivity index (χ3v) is 6.68. The summed E-state index contributed by atoms with van der Waals surface area (Å²) in [4.78, 5) is 28.1. The Morgan fingerprint density at radius 3 is 2.86 bits per heavy atom. The minimum absolute atomic E-state index is 0.0114. The molecule has 6 nitrogen and oxygen atoms in total. The molecule has 0 unspecified atom stereocenters. The van der Waals surface area contributed by atoms with Crippen LogP contribution in [-0.4, -0.2) is 41.2 Å². The average molecular weight is 415 g/mol. The fraction of sp³-hybridized carbons (Fsp3) is 0.455. The maximum atomic E-state index is 13.2. The summed E-state index contributed by atoms with van der Waals surface area (Å²) in [6.07, 6.45) is 1.41. The van der Waals surface area contributed by atoms with Crippen molar-refractivity contribution in [3.05, 3.63) is 51.7 Å². The Balaban J connectivity index is 1.44. The molecule has 7 heteroatoms. The van der Waals surface area contributed by atoms with Crippen LogP contribution in [0.2, 0.25) is 0 Å². The number of carbonyl (C=O) groups is 2. The molecule has 2 heterocycles. The van der Waals surface area contributed by atoms with Crippen LogP contribution in [0.5, 0.6) is 5.75 Å². The number of imide groups is 1. The number of aryl methyl sites for hydroxylation is 1. The summed E-state index contributed by atoms with van der Waals surface area (Å²) < 4.78 is 5.80. The van der Waals surface area contributed by atoms with Crippen LogP contribution in [-0.2, 0) is 16.8 Å². The fourth-order valence-corrected chi connectivity index (χ4v) is 5.25. The summed E-state index contributed by atoms with van der Waals surface area (Å²) >= 11 is 1.62. The third-order valence-electron chi connectivity index (χ3n) is 5.70. The molecule has 1 aromatic carbocycles. The lowest BCUT2D eigenvalue weighted by Gasteiger charge is -2.31. The molecule has 0 saturated carbocycles. The zero-order chi connectivity index (χ0) is 20.6. The van der Waals surface area contributed by atoms with Gasteiger partial charge in [0, 0.05) is 10.4 Å². The van der Waals surface area contributed by atoms with Crippen LogP contribution in [0.15, 0.2) is 35.7 Å². The molecule has 1 saturated heterocycles. The van der Waals surface area contributed by atoms with Gasteiger partial charge in [-0.2, -0.15) is 0 Å². The van der Waals surface area contributed by atoms with Crippen molar-refractivity contribution in [3.8, 4) is 5.75 Å². The van der Waals surface area contributed by atoms with Gasteiger partial charge in [-0.1, -0.05) is 32.0 Å². The Hall–Kier alpha value is -2.38. The number of nitrogens with one attached hydrogen (secondary N) is 1. The first-order valence-electron chi connectivity index (χ1n) is 10.0. The number of thiophene rings is 1. The first-order valence-corrected chi connectivity index (χ1v) is 10.9. The number of urea groups is 1. The number of aliphatic hydroxyl groups excluding tert-OH is 1. The lowest BCUT2D eigenvalue weighted by Crippen LogP contribution is -2.46. The van der Waals surface area contributed by atoms with Crippen LogP contribution in [0.1, 0.15) is 48.6 Å². The number of para-hydroxylation sites is 1. The summed E-state index contributed by atoms with van der Waals surface area (Å²) in [7, 11) is 0.